The lowest BCUT2D eigenvalue weighted by atomic mass is 10.2. The van der Waals surface area contributed by atoms with Crippen LogP contribution in [0, 0.1) is 10.5 Å². The van der Waals surface area contributed by atoms with Crippen molar-refractivity contribution in [3.8, 4) is 5.75 Å². The Morgan fingerprint density at radius 3 is 2.60 bits per heavy atom. The second-order valence-corrected chi connectivity index (χ2v) is 3.62. The smallest absolute Gasteiger partial charge is 0.129 e. The molecule has 0 atom stereocenters. The quantitative estimate of drug-likeness (QED) is 0.717. The number of rotatable bonds is 0. The number of phenolic OH excluding ortho intramolecular Hbond substituents is 1. The summed E-state index contributed by atoms with van der Waals surface area (Å²) in [4.78, 5) is 0. The van der Waals surface area contributed by atoms with Gasteiger partial charge in [-0.1, -0.05) is 11.6 Å². The van der Waals surface area contributed by atoms with Crippen LogP contribution in [0.25, 0.3) is 0 Å². The van der Waals surface area contributed by atoms with E-state index in [4.69, 9.17) is 16.7 Å². The van der Waals surface area contributed by atoms with Crippen LogP contribution >= 0.6 is 34.2 Å². The SMILES string of the molecule is Cc1cc(O)c(I)cc1Cl. The number of benzene rings is 1. The van der Waals surface area contributed by atoms with E-state index in [0.29, 0.717) is 10.8 Å². The highest BCUT2D eigenvalue weighted by Crippen LogP contribution is 2.26. The van der Waals surface area contributed by atoms with Crippen molar-refractivity contribution in [2.45, 2.75) is 6.92 Å². The van der Waals surface area contributed by atoms with Crippen LogP contribution in [0.5, 0.6) is 5.75 Å². The molecule has 0 aromatic heterocycles. The first-order valence-electron chi connectivity index (χ1n) is 2.76. The van der Waals surface area contributed by atoms with Gasteiger partial charge in [0.05, 0.1) is 3.57 Å². The summed E-state index contributed by atoms with van der Waals surface area (Å²) in [6.45, 7) is 1.86. The third-order valence-electron chi connectivity index (χ3n) is 1.23. The van der Waals surface area contributed by atoms with E-state index in [0.717, 1.165) is 9.13 Å². The molecule has 0 aliphatic heterocycles. The molecule has 0 fully saturated rings. The molecule has 1 aromatic rings. The normalized spacial score (nSPS) is 9.90. The molecule has 0 saturated heterocycles. The molecule has 0 radical (unpaired) electrons. The van der Waals surface area contributed by atoms with Gasteiger partial charge in [0.15, 0.2) is 0 Å². The van der Waals surface area contributed by atoms with Crippen molar-refractivity contribution in [3.63, 3.8) is 0 Å². The van der Waals surface area contributed by atoms with Crippen molar-refractivity contribution in [3.05, 3.63) is 26.3 Å². The number of halogens is 2. The summed E-state index contributed by atoms with van der Waals surface area (Å²) in [7, 11) is 0. The third-order valence-corrected chi connectivity index (χ3v) is 2.50. The van der Waals surface area contributed by atoms with E-state index < -0.39 is 0 Å². The highest BCUT2D eigenvalue weighted by molar-refractivity contribution is 14.1. The van der Waals surface area contributed by atoms with E-state index in [9.17, 15) is 0 Å². The Labute approximate surface area is 78.2 Å². The average molecular weight is 268 g/mol. The minimum Gasteiger partial charge on any atom is -0.507 e. The Hall–Kier alpha value is 0.0400. The van der Waals surface area contributed by atoms with Gasteiger partial charge in [-0.05, 0) is 47.2 Å². The third kappa shape index (κ3) is 1.55. The molecule has 0 unspecified atom stereocenters. The van der Waals surface area contributed by atoms with Gasteiger partial charge in [0.1, 0.15) is 5.75 Å². The summed E-state index contributed by atoms with van der Waals surface area (Å²) in [6.07, 6.45) is 0. The standard InChI is InChI=1S/C7H6ClIO/c1-4-2-7(10)6(9)3-5(4)8/h2-3,10H,1H3. The maximum Gasteiger partial charge on any atom is 0.129 e. The van der Waals surface area contributed by atoms with Crippen LogP contribution in [-0.4, -0.2) is 5.11 Å². The van der Waals surface area contributed by atoms with Gasteiger partial charge in [-0.2, -0.15) is 0 Å². The maximum atomic E-state index is 9.16. The predicted octanol–water partition coefficient (Wildman–Crippen LogP) is 2.96. The van der Waals surface area contributed by atoms with Crippen molar-refractivity contribution in [1.82, 2.24) is 0 Å². The Bertz CT molecular complexity index is 210. The van der Waals surface area contributed by atoms with Crippen molar-refractivity contribution in [2.24, 2.45) is 0 Å². The summed E-state index contributed by atoms with van der Waals surface area (Å²) in [5.74, 6) is 0.294. The number of phenols is 1. The topological polar surface area (TPSA) is 20.2 Å². The van der Waals surface area contributed by atoms with Crippen LogP contribution in [0.4, 0.5) is 0 Å². The Balaban J connectivity index is 3.28. The molecule has 54 valence electrons. The number of hydrogen-bond acceptors (Lipinski definition) is 1. The van der Waals surface area contributed by atoms with Gasteiger partial charge in [0.25, 0.3) is 0 Å². The van der Waals surface area contributed by atoms with Crippen LogP contribution in [-0.2, 0) is 0 Å². The average Bonchev–Trinajstić information content (AvgIpc) is 1.84. The largest absolute Gasteiger partial charge is 0.507 e. The molecule has 10 heavy (non-hydrogen) atoms. The van der Waals surface area contributed by atoms with Crippen LogP contribution in [0.2, 0.25) is 5.02 Å². The van der Waals surface area contributed by atoms with Crippen LogP contribution < -0.4 is 0 Å². The second-order valence-electron chi connectivity index (χ2n) is 2.05. The Morgan fingerprint density at radius 2 is 2.10 bits per heavy atom. The molecule has 1 nitrogen and oxygen atoms in total. The van der Waals surface area contributed by atoms with E-state index in [1.165, 1.54) is 0 Å². The summed E-state index contributed by atoms with van der Waals surface area (Å²) in [6, 6.07) is 3.40. The Kier molecular flexibility index (Phi) is 2.41. The highest BCUT2D eigenvalue weighted by Gasteiger charge is 2.00. The van der Waals surface area contributed by atoms with Gasteiger partial charge in [-0.15, -0.1) is 0 Å². The number of hydrogen-bond donors (Lipinski definition) is 1. The van der Waals surface area contributed by atoms with E-state index in [1.807, 2.05) is 29.5 Å². The second kappa shape index (κ2) is 2.96. The van der Waals surface area contributed by atoms with Crippen LogP contribution in [0.3, 0.4) is 0 Å². The zero-order valence-corrected chi connectivity index (χ0v) is 8.27. The fourth-order valence-electron chi connectivity index (χ4n) is 0.642. The maximum absolute atomic E-state index is 9.16. The summed E-state index contributed by atoms with van der Waals surface area (Å²) < 4.78 is 0.785. The first-order valence-corrected chi connectivity index (χ1v) is 4.21. The lowest BCUT2D eigenvalue weighted by Crippen LogP contribution is -1.78. The van der Waals surface area contributed by atoms with Crippen molar-refractivity contribution >= 4 is 34.2 Å². The first-order chi connectivity index (χ1) is 4.61. The van der Waals surface area contributed by atoms with E-state index in [1.54, 1.807) is 12.1 Å². The monoisotopic (exact) mass is 268 g/mol. The molecule has 1 rings (SSSR count). The fraction of sp³-hybridized carbons (Fsp3) is 0.143. The molecule has 0 aliphatic carbocycles. The van der Waals surface area contributed by atoms with Crippen molar-refractivity contribution in [2.75, 3.05) is 0 Å². The van der Waals surface area contributed by atoms with Crippen molar-refractivity contribution in [1.29, 1.82) is 0 Å². The molecule has 1 N–H and O–H groups in total. The molecule has 0 bridgehead atoms. The molecule has 3 heteroatoms. The summed E-state index contributed by atoms with van der Waals surface area (Å²) >= 11 is 7.80. The fourth-order valence-corrected chi connectivity index (χ4v) is 1.46. The van der Waals surface area contributed by atoms with Gasteiger partial charge >= 0.3 is 0 Å². The van der Waals surface area contributed by atoms with Crippen LogP contribution in [0.15, 0.2) is 12.1 Å². The first kappa shape index (κ1) is 8.14. The Morgan fingerprint density at radius 1 is 1.50 bits per heavy atom. The predicted molar refractivity (Wildman–Crippen MR) is 50.6 cm³/mol. The van der Waals surface area contributed by atoms with E-state index in [-0.39, 0.29) is 0 Å². The minimum atomic E-state index is 0.294. The summed E-state index contributed by atoms with van der Waals surface area (Å²) in [5.41, 5.74) is 0.902. The molecule has 1 aromatic carbocycles. The minimum absolute atomic E-state index is 0.294. The molecule has 0 amide bonds. The number of aromatic hydroxyl groups is 1. The van der Waals surface area contributed by atoms with Crippen molar-refractivity contribution < 1.29 is 5.11 Å². The number of aryl methyl sites for hydroxylation is 1. The molecule has 0 saturated carbocycles. The van der Waals surface area contributed by atoms with Gasteiger partial charge in [-0.25, -0.2) is 0 Å². The highest BCUT2D eigenvalue weighted by atomic mass is 127. The van der Waals surface area contributed by atoms with E-state index in [2.05, 4.69) is 0 Å². The summed E-state index contributed by atoms with van der Waals surface area (Å²) in [5, 5.41) is 9.85. The molecular weight excluding hydrogens is 262 g/mol. The van der Waals surface area contributed by atoms with Gasteiger partial charge in [0, 0.05) is 5.02 Å². The molecule has 0 spiro atoms. The molecular formula is C7H6ClIO. The molecule has 0 aliphatic rings. The lowest BCUT2D eigenvalue weighted by Gasteiger charge is -1.99. The zero-order valence-electron chi connectivity index (χ0n) is 5.36. The van der Waals surface area contributed by atoms with E-state index >= 15 is 0 Å². The zero-order chi connectivity index (χ0) is 7.72. The molecule has 0 heterocycles. The lowest BCUT2D eigenvalue weighted by molar-refractivity contribution is 0.471. The van der Waals surface area contributed by atoms with Gasteiger partial charge in [0.2, 0.25) is 0 Å². The van der Waals surface area contributed by atoms with Crippen LogP contribution in [0.1, 0.15) is 5.56 Å². The van der Waals surface area contributed by atoms with Gasteiger partial charge < -0.3 is 5.11 Å². The van der Waals surface area contributed by atoms with Gasteiger partial charge in [-0.3, -0.25) is 0 Å².